The summed E-state index contributed by atoms with van der Waals surface area (Å²) in [5.41, 5.74) is 5.81. The summed E-state index contributed by atoms with van der Waals surface area (Å²) in [6.07, 6.45) is 8.96. The van der Waals surface area contributed by atoms with Crippen LogP contribution in [0.4, 0.5) is 0 Å². The van der Waals surface area contributed by atoms with Crippen LogP contribution in [0.3, 0.4) is 0 Å². The molecule has 0 spiro atoms. The molecule has 7 heteroatoms. The molecule has 1 radical (unpaired) electrons. The third kappa shape index (κ3) is 10.9. The molecule has 42 heavy (non-hydrogen) atoms. The van der Waals surface area contributed by atoms with E-state index in [1.807, 2.05) is 44.2 Å². The Morgan fingerprint density at radius 3 is 2.48 bits per heavy atom. The molecule has 2 N–H and O–H groups in total. The summed E-state index contributed by atoms with van der Waals surface area (Å²) in [6.45, 7) is 4.83. The molecule has 4 nitrogen and oxygen atoms in total. The molecular formula is C35H38ClNNaO3S. The van der Waals surface area contributed by atoms with Gasteiger partial charge in [-0.05, 0) is 97.7 Å². The minimum atomic E-state index is -0.833. The number of aryl methyl sites for hydroxylation is 1. The number of thioether (sulfide) groups is 1. The maximum Gasteiger partial charge on any atom is 0.300 e. The van der Waals surface area contributed by atoms with Crippen LogP contribution < -0.4 is 0 Å². The van der Waals surface area contributed by atoms with Crippen LogP contribution >= 0.6 is 23.4 Å². The van der Waals surface area contributed by atoms with Crippen molar-refractivity contribution in [1.29, 1.82) is 0 Å². The number of fused-ring (bicyclic) bond motifs is 1. The van der Waals surface area contributed by atoms with Crippen molar-refractivity contribution in [2.24, 2.45) is 5.92 Å². The SMILES string of the molecule is CC(=O)O.CC(C)(O)c1ccccc1CC[C@@H](SCC1CC1)c1cccc(C=Cc2ccc3ccc(Cl)cc3n2)c1.[Na]. The molecule has 1 atom stereocenters. The Kier molecular flexibility index (Phi) is 13.2. The molecule has 0 bridgehead atoms. The number of aliphatic hydroxyl groups is 1. The van der Waals surface area contributed by atoms with Crippen molar-refractivity contribution >= 4 is 81.9 Å². The number of nitrogens with zero attached hydrogens (tertiary/aromatic N) is 1. The van der Waals surface area contributed by atoms with Gasteiger partial charge in [-0.2, -0.15) is 11.8 Å². The average molecular weight is 611 g/mol. The van der Waals surface area contributed by atoms with E-state index in [-0.39, 0.29) is 29.6 Å². The topological polar surface area (TPSA) is 70.4 Å². The molecular weight excluding hydrogens is 573 g/mol. The third-order valence-electron chi connectivity index (χ3n) is 6.99. The summed E-state index contributed by atoms with van der Waals surface area (Å²) in [7, 11) is 0. The van der Waals surface area contributed by atoms with Crippen LogP contribution in [0.25, 0.3) is 23.1 Å². The molecule has 0 amide bonds. The van der Waals surface area contributed by atoms with Crippen LogP contribution in [0.5, 0.6) is 0 Å². The fourth-order valence-electron chi connectivity index (χ4n) is 4.75. The van der Waals surface area contributed by atoms with E-state index in [1.165, 1.54) is 35.3 Å². The predicted octanol–water partition coefficient (Wildman–Crippen LogP) is 8.81. The molecule has 1 fully saturated rings. The van der Waals surface area contributed by atoms with Gasteiger partial charge < -0.3 is 10.2 Å². The first-order chi connectivity index (χ1) is 19.6. The molecule has 1 aromatic heterocycles. The van der Waals surface area contributed by atoms with E-state index < -0.39 is 11.6 Å². The largest absolute Gasteiger partial charge is 0.481 e. The Balaban J connectivity index is 0.000000911. The maximum atomic E-state index is 10.7. The van der Waals surface area contributed by atoms with E-state index in [9.17, 15) is 5.11 Å². The summed E-state index contributed by atoms with van der Waals surface area (Å²) in [5, 5.41) is 20.3. The summed E-state index contributed by atoms with van der Waals surface area (Å²) in [6, 6.07) is 27.2. The van der Waals surface area contributed by atoms with Gasteiger partial charge in [0.25, 0.3) is 5.97 Å². The van der Waals surface area contributed by atoms with Crippen molar-refractivity contribution in [3.63, 3.8) is 0 Å². The van der Waals surface area contributed by atoms with E-state index >= 15 is 0 Å². The standard InChI is InChI=1S/C33H34ClNOS.C2H4O2.Na/c1-33(2,36)30-9-4-3-7-25(30)15-19-32(37-22-24-10-11-24)27-8-5-6-23(20-27)12-17-29-18-14-26-13-16-28(34)21-31(26)35-29;1-2(3)4;/h3-9,12-14,16-18,20-21,24,32,36H,10-11,15,19,22H2,1-2H3;1H3,(H,3,4);/t32-;;/m1../s1. The molecule has 0 unspecified atom stereocenters. The Bertz CT molecular complexity index is 1510. The number of carboxylic acid groups (broad SMARTS) is 1. The summed E-state index contributed by atoms with van der Waals surface area (Å²) in [4.78, 5) is 13.8. The first-order valence-electron chi connectivity index (χ1n) is 14.0. The third-order valence-corrected chi connectivity index (χ3v) is 8.80. The van der Waals surface area contributed by atoms with Gasteiger partial charge in [-0.1, -0.05) is 78.3 Å². The Hall–Kier alpha value is -2.12. The van der Waals surface area contributed by atoms with Gasteiger partial charge >= 0.3 is 0 Å². The molecule has 1 saturated carbocycles. The van der Waals surface area contributed by atoms with Crippen LogP contribution in [0.1, 0.15) is 73.2 Å². The second-order valence-corrected chi connectivity index (χ2v) is 12.8. The summed E-state index contributed by atoms with van der Waals surface area (Å²) >= 11 is 8.26. The Morgan fingerprint density at radius 2 is 1.76 bits per heavy atom. The van der Waals surface area contributed by atoms with E-state index in [4.69, 9.17) is 26.5 Å². The summed E-state index contributed by atoms with van der Waals surface area (Å²) in [5.74, 6) is 1.27. The number of carbonyl (C=O) groups is 1. The van der Waals surface area contributed by atoms with E-state index in [2.05, 4.69) is 72.4 Å². The van der Waals surface area contributed by atoms with Gasteiger partial charge in [0.05, 0.1) is 16.8 Å². The first kappa shape index (κ1) is 34.4. The normalized spacial score (nSPS) is 13.7. The minimum absolute atomic E-state index is 0. The summed E-state index contributed by atoms with van der Waals surface area (Å²) < 4.78 is 0. The second-order valence-electron chi connectivity index (χ2n) is 11.1. The van der Waals surface area contributed by atoms with Gasteiger partial charge in [-0.3, -0.25) is 4.79 Å². The number of aromatic nitrogens is 1. The number of aliphatic carboxylic acids is 1. The first-order valence-corrected chi connectivity index (χ1v) is 15.5. The number of hydrogen-bond acceptors (Lipinski definition) is 4. The molecule has 0 saturated heterocycles. The van der Waals surface area contributed by atoms with Crippen molar-refractivity contribution < 1.29 is 15.0 Å². The molecule has 1 aliphatic carbocycles. The second kappa shape index (κ2) is 16.1. The molecule has 3 aromatic carbocycles. The number of benzene rings is 3. The van der Waals surface area contributed by atoms with Crippen molar-refractivity contribution in [3.8, 4) is 0 Å². The Labute approximate surface area is 280 Å². The van der Waals surface area contributed by atoms with E-state index in [0.29, 0.717) is 10.3 Å². The van der Waals surface area contributed by atoms with Gasteiger partial charge in [-0.25, -0.2) is 4.98 Å². The van der Waals surface area contributed by atoms with Crippen molar-refractivity contribution in [2.75, 3.05) is 5.75 Å². The van der Waals surface area contributed by atoms with Gasteiger partial charge in [0.1, 0.15) is 0 Å². The average Bonchev–Trinajstić information content (AvgIpc) is 3.76. The fraction of sp³-hybridized carbons (Fsp3) is 0.314. The van der Waals surface area contributed by atoms with Gasteiger partial charge in [0, 0.05) is 52.1 Å². The number of carboxylic acids is 1. The molecule has 1 aliphatic rings. The van der Waals surface area contributed by atoms with Crippen LogP contribution in [0, 0.1) is 5.92 Å². The van der Waals surface area contributed by atoms with Crippen LogP contribution in [0.2, 0.25) is 5.02 Å². The minimum Gasteiger partial charge on any atom is -0.481 e. The van der Waals surface area contributed by atoms with Crippen molar-refractivity contribution in [1.82, 2.24) is 4.98 Å². The molecule has 4 aromatic rings. The zero-order chi connectivity index (χ0) is 29.4. The monoisotopic (exact) mass is 610 g/mol. The molecule has 0 aliphatic heterocycles. The number of pyridine rings is 1. The number of halogens is 1. The van der Waals surface area contributed by atoms with Gasteiger partial charge in [0.15, 0.2) is 0 Å². The Morgan fingerprint density at radius 1 is 1.05 bits per heavy atom. The van der Waals surface area contributed by atoms with E-state index in [1.54, 1.807) is 0 Å². The smallest absolute Gasteiger partial charge is 0.300 e. The zero-order valence-corrected chi connectivity index (χ0v) is 28.5. The molecule has 5 rings (SSSR count). The van der Waals surface area contributed by atoms with Gasteiger partial charge in [0.2, 0.25) is 0 Å². The van der Waals surface area contributed by atoms with Crippen molar-refractivity contribution in [2.45, 2.75) is 57.3 Å². The quantitative estimate of drug-likeness (QED) is 0.176. The van der Waals surface area contributed by atoms with Crippen LogP contribution in [-0.4, -0.2) is 56.5 Å². The fourth-order valence-corrected chi connectivity index (χ4v) is 6.38. The number of hydrogen-bond donors (Lipinski definition) is 2. The van der Waals surface area contributed by atoms with E-state index in [0.717, 1.165) is 47.8 Å². The van der Waals surface area contributed by atoms with Crippen LogP contribution in [0.15, 0.2) is 78.9 Å². The van der Waals surface area contributed by atoms with Gasteiger partial charge in [-0.15, -0.1) is 0 Å². The molecule has 1 heterocycles. The number of rotatable bonds is 10. The predicted molar refractivity (Wildman–Crippen MR) is 179 cm³/mol. The van der Waals surface area contributed by atoms with Crippen molar-refractivity contribution in [3.05, 3.63) is 112 Å². The zero-order valence-electron chi connectivity index (χ0n) is 24.9. The van der Waals surface area contributed by atoms with Crippen LogP contribution in [-0.2, 0) is 16.8 Å². The maximum absolute atomic E-state index is 10.7. The molecule has 215 valence electrons.